The summed E-state index contributed by atoms with van der Waals surface area (Å²) in [6, 6.07) is 21.7. The Morgan fingerprint density at radius 1 is 0.909 bits per heavy atom. The van der Waals surface area contributed by atoms with Crippen LogP contribution in [0.4, 0.5) is 14.5 Å². The molecule has 3 aromatic carbocycles. The third kappa shape index (κ3) is 6.64. The molecule has 0 saturated carbocycles. The Kier molecular flexibility index (Phi) is 8.13. The van der Waals surface area contributed by atoms with Crippen molar-refractivity contribution in [3.63, 3.8) is 0 Å². The minimum atomic E-state index is -3.05. The van der Waals surface area contributed by atoms with Gasteiger partial charge in [0.15, 0.2) is 6.61 Å². The van der Waals surface area contributed by atoms with Crippen LogP contribution in [0, 0.1) is 0 Å². The zero-order chi connectivity index (χ0) is 23.6. The summed E-state index contributed by atoms with van der Waals surface area (Å²) in [4.78, 5) is 25.2. The van der Waals surface area contributed by atoms with Gasteiger partial charge >= 0.3 is 12.6 Å². The van der Waals surface area contributed by atoms with E-state index in [1.165, 1.54) is 25.3 Å². The molecule has 170 valence electrons. The topological polar surface area (TPSA) is 73.9 Å². The molecule has 0 aliphatic carbocycles. The Bertz CT molecular complexity index is 1130. The lowest BCUT2D eigenvalue weighted by Gasteiger charge is -2.13. The largest absolute Gasteiger partial charge is 0.496 e. The van der Waals surface area contributed by atoms with E-state index in [9.17, 15) is 18.4 Å². The summed E-state index contributed by atoms with van der Waals surface area (Å²) in [6.45, 7) is -3.67. The number of nitrogens with one attached hydrogen (secondary N) is 1. The van der Waals surface area contributed by atoms with Crippen LogP contribution in [0.1, 0.15) is 11.1 Å². The zero-order valence-electron chi connectivity index (χ0n) is 17.7. The molecule has 0 aliphatic rings. The molecule has 3 rings (SSSR count). The fourth-order valence-corrected chi connectivity index (χ4v) is 2.98. The van der Waals surface area contributed by atoms with Crippen LogP contribution in [0.15, 0.2) is 78.9 Å². The number of benzene rings is 3. The van der Waals surface area contributed by atoms with Gasteiger partial charge in [0, 0.05) is 5.56 Å². The first-order valence-corrected chi connectivity index (χ1v) is 9.89. The number of ether oxygens (including phenoxy) is 3. The minimum absolute atomic E-state index is 0.0340. The van der Waals surface area contributed by atoms with E-state index in [1.54, 1.807) is 60.7 Å². The van der Waals surface area contributed by atoms with Gasteiger partial charge in [0.25, 0.3) is 5.91 Å². The van der Waals surface area contributed by atoms with E-state index in [0.29, 0.717) is 16.9 Å². The number of hydrogen-bond acceptors (Lipinski definition) is 5. The van der Waals surface area contributed by atoms with Crippen LogP contribution in [0.25, 0.3) is 11.6 Å². The first-order valence-electron chi connectivity index (χ1n) is 9.89. The summed E-state index contributed by atoms with van der Waals surface area (Å²) in [5.74, 6) is -1.09. The van der Waals surface area contributed by atoms with E-state index in [0.717, 1.165) is 0 Å². The van der Waals surface area contributed by atoms with Crippen molar-refractivity contribution >= 4 is 29.2 Å². The van der Waals surface area contributed by atoms with Gasteiger partial charge in [-0.15, -0.1) is 0 Å². The monoisotopic (exact) mass is 453 g/mol. The van der Waals surface area contributed by atoms with Gasteiger partial charge in [0.1, 0.15) is 11.5 Å². The van der Waals surface area contributed by atoms with E-state index < -0.39 is 25.1 Å². The van der Waals surface area contributed by atoms with Crippen LogP contribution in [0.5, 0.6) is 11.5 Å². The van der Waals surface area contributed by atoms with Crippen molar-refractivity contribution in [2.75, 3.05) is 19.0 Å². The highest BCUT2D eigenvalue weighted by Gasteiger charge is 2.18. The van der Waals surface area contributed by atoms with Crippen molar-refractivity contribution in [3.8, 4) is 11.5 Å². The van der Waals surface area contributed by atoms with E-state index >= 15 is 0 Å². The van der Waals surface area contributed by atoms with Crippen LogP contribution in [0.2, 0.25) is 0 Å². The van der Waals surface area contributed by atoms with Crippen molar-refractivity contribution < 1.29 is 32.6 Å². The number of esters is 1. The van der Waals surface area contributed by atoms with Gasteiger partial charge in [-0.05, 0) is 29.8 Å². The predicted octanol–water partition coefficient (Wildman–Crippen LogP) is 5.02. The number of methoxy groups -OCH3 is 1. The van der Waals surface area contributed by atoms with Crippen LogP contribution >= 0.6 is 0 Å². The number of para-hydroxylation sites is 3. The molecule has 0 heterocycles. The van der Waals surface area contributed by atoms with E-state index in [1.807, 2.05) is 6.07 Å². The number of hydrogen-bond donors (Lipinski definition) is 1. The second-order valence-corrected chi connectivity index (χ2v) is 6.66. The summed E-state index contributed by atoms with van der Waals surface area (Å²) in [6.07, 6.45) is 1.61. The van der Waals surface area contributed by atoms with Gasteiger partial charge in [-0.2, -0.15) is 8.78 Å². The van der Waals surface area contributed by atoms with Gasteiger partial charge in [-0.1, -0.05) is 60.7 Å². The average Bonchev–Trinajstić information content (AvgIpc) is 2.82. The first-order chi connectivity index (χ1) is 16.0. The van der Waals surface area contributed by atoms with Gasteiger partial charge in [0.05, 0.1) is 18.4 Å². The van der Waals surface area contributed by atoms with E-state index in [4.69, 9.17) is 9.47 Å². The number of amides is 1. The molecule has 3 aromatic rings. The maximum atomic E-state index is 12.9. The summed E-state index contributed by atoms with van der Waals surface area (Å²) in [5, 5.41) is 2.40. The fourth-order valence-electron chi connectivity index (χ4n) is 2.98. The van der Waals surface area contributed by atoms with Crippen molar-refractivity contribution in [2.45, 2.75) is 6.61 Å². The fraction of sp³-hybridized carbons (Fsp3) is 0.120. The molecular weight excluding hydrogens is 432 g/mol. The number of anilines is 1. The number of alkyl halides is 2. The summed E-state index contributed by atoms with van der Waals surface area (Å²) < 4.78 is 40.0. The van der Waals surface area contributed by atoms with Crippen LogP contribution in [-0.2, 0) is 14.3 Å². The molecule has 0 unspecified atom stereocenters. The molecule has 0 atom stereocenters. The normalized spacial score (nSPS) is 11.1. The predicted molar refractivity (Wildman–Crippen MR) is 120 cm³/mol. The molecule has 8 heteroatoms. The third-order valence-electron chi connectivity index (χ3n) is 4.46. The number of rotatable bonds is 9. The summed E-state index contributed by atoms with van der Waals surface area (Å²) in [7, 11) is 1.52. The van der Waals surface area contributed by atoms with Crippen LogP contribution in [-0.4, -0.2) is 32.2 Å². The molecule has 33 heavy (non-hydrogen) atoms. The van der Waals surface area contributed by atoms with Gasteiger partial charge < -0.3 is 19.5 Å². The van der Waals surface area contributed by atoms with Crippen molar-refractivity contribution in [1.29, 1.82) is 0 Å². The smallest absolute Gasteiger partial charge is 0.387 e. The van der Waals surface area contributed by atoms with Gasteiger partial charge in [0.2, 0.25) is 0 Å². The molecule has 0 saturated heterocycles. The maximum absolute atomic E-state index is 12.9. The molecule has 1 N–H and O–H groups in total. The molecule has 0 fully saturated rings. The molecule has 6 nitrogen and oxygen atoms in total. The molecule has 1 amide bonds. The molecule has 0 spiro atoms. The standard InChI is InChI=1S/C25H21F2NO5/c1-31-21-13-7-5-11-18(21)15-19(17-9-3-2-4-10-17)24(30)32-16-23(29)28-20-12-6-8-14-22(20)33-25(26)27/h2-15,25H,16H2,1H3,(H,28,29)/b19-15+. The number of halogens is 2. The van der Waals surface area contributed by atoms with Gasteiger partial charge in [-0.25, -0.2) is 4.79 Å². The highest BCUT2D eigenvalue weighted by atomic mass is 19.3. The van der Waals surface area contributed by atoms with Crippen LogP contribution < -0.4 is 14.8 Å². The highest BCUT2D eigenvalue weighted by Crippen LogP contribution is 2.27. The Hall–Kier alpha value is -4.20. The minimum Gasteiger partial charge on any atom is -0.496 e. The first kappa shape index (κ1) is 23.5. The Morgan fingerprint density at radius 2 is 1.55 bits per heavy atom. The Balaban J connectivity index is 1.76. The number of carbonyl (C=O) groups excluding carboxylic acids is 2. The lowest BCUT2D eigenvalue weighted by Crippen LogP contribution is -2.22. The number of carbonyl (C=O) groups is 2. The maximum Gasteiger partial charge on any atom is 0.387 e. The second kappa shape index (κ2) is 11.4. The average molecular weight is 453 g/mol. The van der Waals surface area contributed by atoms with E-state index in [2.05, 4.69) is 10.1 Å². The van der Waals surface area contributed by atoms with Crippen molar-refractivity contribution in [3.05, 3.63) is 90.0 Å². The summed E-state index contributed by atoms with van der Waals surface area (Å²) in [5.41, 5.74) is 1.49. The lowest BCUT2D eigenvalue weighted by atomic mass is 10.0. The van der Waals surface area contributed by atoms with Crippen LogP contribution in [0.3, 0.4) is 0 Å². The molecule has 0 bridgehead atoms. The van der Waals surface area contributed by atoms with Crippen molar-refractivity contribution in [1.82, 2.24) is 0 Å². The highest BCUT2D eigenvalue weighted by molar-refractivity contribution is 6.22. The third-order valence-corrected chi connectivity index (χ3v) is 4.46. The molecule has 0 aliphatic heterocycles. The molecular formula is C25H21F2NO5. The zero-order valence-corrected chi connectivity index (χ0v) is 17.7. The SMILES string of the molecule is COc1ccccc1/C=C(/C(=O)OCC(=O)Nc1ccccc1OC(F)F)c1ccccc1. The van der Waals surface area contributed by atoms with E-state index in [-0.39, 0.29) is 17.0 Å². The molecule has 0 aromatic heterocycles. The Labute approximate surface area is 189 Å². The molecule has 0 radical (unpaired) electrons. The Morgan fingerprint density at radius 3 is 2.24 bits per heavy atom. The second-order valence-electron chi connectivity index (χ2n) is 6.66. The van der Waals surface area contributed by atoms with Gasteiger partial charge in [-0.3, -0.25) is 4.79 Å². The quantitative estimate of drug-likeness (QED) is 0.280. The summed E-state index contributed by atoms with van der Waals surface area (Å²) >= 11 is 0. The van der Waals surface area contributed by atoms with Crippen molar-refractivity contribution in [2.24, 2.45) is 0 Å². The lowest BCUT2D eigenvalue weighted by molar-refractivity contribution is -0.141.